The Labute approximate surface area is 171 Å². The first kappa shape index (κ1) is 22.0. The summed E-state index contributed by atoms with van der Waals surface area (Å²) in [6.45, 7) is 10.1. The lowest BCUT2D eigenvalue weighted by Crippen LogP contribution is -2.50. The normalized spacial score (nSPS) is 15.6. The zero-order valence-electron chi connectivity index (χ0n) is 16.0. The third-order valence-electron chi connectivity index (χ3n) is 4.80. The first-order chi connectivity index (χ1) is 12.9. The average molecular weight is 415 g/mol. The molecule has 0 spiro atoms. The highest BCUT2D eigenvalue weighted by Gasteiger charge is 2.21. The summed E-state index contributed by atoms with van der Waals surface area (Å²) in [7, 11) is 0. The lowest BCUT2D eigenvalue weighted by molar-refractivity contribution is -0.132. The molecule has 27 heavy (non-hydrogen) atoms. The van der Waals surface area contributed by atoms with E-state index in [1.807, 2.05) is 18.7 Å². The van der Waals surface area contributed by atoms with Crippen molar-refractivity contribution in [2.45, 2.75) is 20.3 Å². The summed E-state index contributed by atoms with van der Waals surface area (Å²) in [4.78, 5) is 30.7. The molecule has 0 aromatic heterocycles. The van der Waals surface area contributed by atoms with Crippen LogP contribution in [-0.4, -0.2) is 78.9 Å². The highest BCUT2D eigenvalue weighted by Crippen LogP contribution is 2.25. The second kappa shape index (κ2) is 10.9. The van der Waals surface area contributed by atoms with Crippen LogP contribution in [0.2, 0.25) is 10.0 Å². The van der Waals surface area contributed by atoms with Gasteiger partial charge in [0.05, 0.1) is 17.3 Å². The molecular weight excluding hydrogens is 387 g/mol. The number of anilines is 1. The molecule has 8 heteroatoms. The number of nitrogens with one attached hydrogen (secondary N) is 1. The molecule has 1 saturated heterocycles. The van der Waals surface area contributed by atoms with Crippen molar-refractivity contribution >= 4 is 40.7 Å². The number of likely N-dealkylation sites (N-methyl/N-ethyl adjacent to an activating group) is 1. The Kier molecular flexibility index (Phi) is 8.83. The molecule has 1 aromatic rings. The van der Waals surface area contributed by atoms with Crippen molar-refractivity contribution in [1.82, 2.24) is 14.7 Å². The largest absolute Gasteiger partial charge is 0.342 e. The van der Waals surface area contributed by atoms with E-state index in [9.17, 15) is 9.59 Å². The van der Waals surface area contributed by atoms with E-state index in [1.54, 1.807) is 18.2 Å². The molecular formula is C19H28Cl2N4O2. The monoisotopic (exact) mass is 414 g/mol. The molecule has 0 saturated carbocycles. The van der Waals surface area contributed by atoms with Gasteiger partial charge in [-0.15, -0.1) is 0 Å². The molecule has 6 nitrogen and oxygen atoms in total. The molecule has 2 amide bonds. The van der Waals surface area contributed by atoms with E-state index in [0.29, 0.717) is 35.2 Å². The quantitative estimate of drug-likeness (QED) is 0.710. The van der Waals surface area contributed by atoms with E-state index in [-0.39, 0.29) is 11.8 Å². The van der Waals surface area contributed by atoms with Gasteiger partial charge in [0.1, 0.15) is 0 Å². The Morgan fingerprint density at radius 2 is 1.70 bits per heavy atom. The molecule has 1 aliphatic heterocycles. The van der Waals surface area contributed by atoms with E-state index >= 15 is 0 Å². The van der Waals surface area contributed by atoms with Crippen molar-refractivity contribution in [2.24, 2.45) is 0 Å². The number of rotatable bonds is 8. The van der Waals surface area contributed by atoms with Gasteiger partial charge in [0, 0.05) is 57.3 Å². The van der Waals surface area contributed by atoms with Crippen LogP contribution >= 0.6 is 23.2 Å². The molecule has 1 fully saturated rings. The lowest BCUT2D eigenvalue weighted by Gasteiger charge is -2.35. The Bertz CT molecular complexity index is 645. The van der Waals surface area contributed by atoms with Crippen LogP contribution in [0.5, 0.6) is 0 Å². The van der Waals surface area contributed by atoms with E-state index in [4.69, 9.17) is 23.2 Å². The summed E-state index contributed by atoms with van der Waals surface area (Å²) in [5.41, 5.74) is 0.536. The molecule has 1 N–H and O–H groups in total. The second-order valence-corrected chi connectivity index (χ2v) is 7.45. The molecule has 1 heterocycles. The molecule has 1 aromatic carbocycles. The number of nitrogens with zero attached hydrogens (tertiary/aromatic N) is 3. The molecule has 150 valence electrons. The van der Waals surface area contributed by atoms with Crippen molar-refractivity contribution < 1.29 is 9.59 Å². The maximum atomic E-state index is 12.2. The number of hydrogen-bond acceptors (Lipinski definition) is 4. The fourth-order valence-corrected chi connectivity index (χ4v) is 3.44. The fourth-order valence-electron chi connectivity index (χ4n) is 3.10. The zero-order valence-corrected chi connectivity index (χ0v) is 17.5. The van der Waals surface area contributed by atoms with Crippen LogP contribution in [0.4, 0.5) is 5.69 Å². The zero-order chi connectivity index (χ0) is 19.8. The first-order valence-electron chi connectivity index (χ1n) is 9.40. The Morgan fingerprint density at radius 1 is 1.07 bits per heavy atom. The van der Waals surface area contributed by atoms with Crippen molar-refractivity contribution in [3.63, 3.8) is 0 Å². The van der Waals surface area contributed by atoms with Gasteiger partial charge in [0.25, 0.3) is 0 Å². The number of piperazine rings is 1. The predicted octanol–water partition coefficient (Wildman–Crippen LogP) is 2.81. The molecule has 0 atom stereocenters. The Hall–Kier alpha value is -1.34. The van der Waals surface area contributed by atoms with Gasteiger partial charge in [-0.3, -0.25) is 14.5 Å². The number of carbonyl (C=O) groups excluding carboxylic acids is 2. The molecule has 0 unspecified atom stereocenters. The number of halogens is 2. The number of carbonyl (C=O) groups is 2. The van der Waals surface area contributed by atoms with E-state index in [1.165, 1.54) is 0 Å². The van der Waals surface area contributed by atoms with E-state index in [0.717, 1.165) is 39.3 Å². The fraction of sp³-hybridized carbons (Fsp3) is 0.579. The van der Waals surface area contributed by atoms with Gasteiger partial charge in [-0.05, 0) is 32.0 Å². The van der Waals surface area contributed by atoms with Crippen LogP contribution in [0.3, 0.4) is 0 Å². The van der Waals surface area contributed by atoms with Crippen molar-refractivity contribution in [3.05, 3.63) is 28.2 Å². The van der Waals surface area contributed by atoms with Gasteiger partial charge in [-0.1, -0.05) is 23.2 Å². The third kappa shape index (κ3) is 6.96. The highest BCUT2D eigenvalue weighted by atomic mass is 35.5. The van der Waals surface area contributed by atoms with Gasteiger partial charge in [0.2, 0.25) is 11.8 Å². The van der Waals surface area contributed by atoms with Crippen LogP contribution in [0.1, 0.15) is 20.3 Å². The number of hydrogen-bond donors (Lipinski definition) is 1. The lowest BCUT2D eigenvalue weighted by atomic mass is 10.2. The summed E-state index contributed by atoms with van der Waals surface area (Å²) in [5, 5.41) is 3.81. The van der Waals surface area contributed by atoms with Crippen LogP contribution in [0.15, 0.2) is 18.2 Å². The van der Waals surface area contributed by atoms with E-state index < -0.39 is 0 Å². The SMILES string of the molecule is CCN(CC)C(=O)CN1CCN(CCC(=O)Nc2cc(Cl)ccc2Cl)CC1. The van der Waals surface area contributed by atoms with Crippen LogP contribution < -0.4 is 5.32 Å². The van der Waals surface area contributed by atoms with Gasteiger partial charge < -0.3 is 15.1 Å². The summed E-state index contributed by atoms with van der Waals surface area (Å²) in [6, 6.07) is 5.00. The standard InChI is InChI=1S/C19H28Cl2N4O2/c1-3-25(4-2)19(27)14-24-11-9-23(10-12-24)8-7-18(26)22-17-13-15(20)5-6-16(17)21/h5-6,13H,3-4,7-12,14H2,1-2H3,(H,22,26). The smallest absolute Gasteiger partial charge is 0.236 e. The summed E-state index contributed by atoms with van der Waals surface area (Å²) >= 11 is 12.0. The maximum absolute atomic E-state index is 12.2. The first-order valence-corrected chi connectivity index (χ1v) is 10.2. The third-order valence-corrected chi connectivity index (χ3v) is 5.36. The minimum atomic E-state index is -0.0849. The number of amides is 2. The van der Waals surface area contributed by atoms with Gasteiger partial charge in [-0.2, -0.15) is 0 Å². The summed E-state index contributed by atoms with van der Waals surface area (Å²) < 4.78 is 0. The molecule has 0 aliphatic carbocycles. The van der Waals surface area contributed by atoms with Crippen LogP contribution in [0.25, 0.3) is 0 Å². The van der Waals surface area contributed by atoms with Crippen molar-refractivity contribution in [2.75, 3.05) is 57.7 Å². The predicted molar refractivity (Wildman–Crippen MR) is 111 cm³/mol. The molecule has 1 aliphatic rings. The summed E-state index contributed by atoms with van der Waals surface area (Å²) in [6.07, 6.45) is 0.390. The minimum Gasteiger partial charge on any atom is -0.342 e. The molecule has 0 radical (unpaired) electrons. The van der Waals surface area contributed by atoms with Crippen molar-refractivity contribution in [3.8, 4) is 0 Å². The van der Waals surface area contributed by atoms with Crippen LogP contribution in [-0.2, 0) is 9.59 Å². The molecule has 0 bridgehead atoms. The highest BCUT2D eigenvalue weighted by molar-refractivity contribution is 6.35. The summed E-state index contributed by atoms with van der Waals surface area (Å²) in [5.74, 6) is 0.101. The average Bonchev–Trinajstić information content (AvgIpc) is 2.65. The second-order valence-electron chi connectivity index (χ2n) is 6.61. The van der Waals surface area contributed by atoms with E-state index in [2.05, 4.69) is 15.1 Å². The van der Waals surface area contributed by atoms with Crippen molar-refractivity contribution in [1.29, 1.82) is 0 Å². The Morgan fingerprint density at radius 3 is 2.33 bits per heavy atom. The van der Waals surface area contributed by atoms with Gasteiger partial charge >= 0.3 is 0 Å². The van der Waals surface area contributed by atoms with Crippen LogP contribution in [0, 0.1) is 0 Å². The van der Waals surface area contributed by atoms with Gasteiger partial charge in [0.15, 0.2) is 0 Å². The maximum Gasteiger partial charge on any atom is 0.236 e. The Balaban J connectivity index is 1.70. The number of benzene rings is 1. The molecule has 2 rings (SSSR count). The minimum absolute atomic E-state index is 0.0849. The topological polar surface area (TPSA) is 55.9 Å². The van der Waals surface area contributed by atoms with Gasteiger partial charge in [-0.25, -0.2) is 0 Å².